The third-order valence-electron chi connectivity index (χ3n) is 2.91. The molecule has 2 rings (SSSR count). The molecule has 0 radical (unpaired) electrons. The van der Waals surface area contributed by atoms with Gasteiger partial charge in [-0.05, 0) is 24.8 Å². The lowest BCUT2D eigenvalue weighted by Crippen LogP contribution is -2.21. The molecule has 16 heavy (non-hydrogen) atoms. The quantitative estimate of drug-likeness (QED) is 0.908. The van der Waals surface area contributed by atoms with Crippen LogP contribution < -0.4 is 4.90 Å². The van der Waals surface area contributed by atoms with E-state index in [0.29, 0.717) is 16.0 Å². The van der Waals surface area contributed by atoms with Crippen molar-refractivity contribution in [3.05, 3.63) is 22.3 Å². The predicted octanol–water partition coefficient (Wildman–Crippen LogP) is 2.60. The number of aliphatic hydroxyl groups excluding tert-OH is 1. The van der Waals surface area contributed by atoms with Crippen LogP contribution in [0.1, 0.15) is 12.8 Å². The highest BCUT2D eigenvalue weighted by Crippen LogP contribution is 2.30. The highest BCUT2D eigenvalue weighted by molar-refractivity contribution is 6.36. The molecule has 1 N–H and O–H groups in total. The zero-order chi connectivity index (χ0) is 11.5. The van der Waals surface area contributed by atoms with Crippen molar-refractivity contribution in [1.29, 1.82) is 0 Å². The van der Waals surface area contributed by atoms with E-state index < -0.39 is 0 Å². The monoisotopic (exact) mass is 260 g/mol. The van der Waals surface area contributed by atoms with E-state index in [4.69, 9.17) is 28.3 Å². The van der Waals surface area contributed by atoms with E-state index in [0.717, 1.165) is 31.7 Å². The van der Waals surface area contributed by atoms with Gasteiger partial charge in [-0.3, -0.25) is 0 Å². The molecule has 1 aliphatic rings. The minimum atomic E-state index is 0.250. The van der Waals surface area contributed by atoms with Crippen LogP contribution in [0.25, 0.3) is 0 Å². The summed E-state index contributed by atoms with van der Waals surface area (Å²) in [5.41, 5.74) is 0. The smallest absolute Gasteiger partial charge is 0.147 e. The van der Waals surface area contributed by atoms with Crippen molar-refractivity contribution < 1.29 is 5.11 Å². The van der Waals surface area contributed by atoms with Crippen LogP contribution in [0.15, 0.2) is 12.3 Å². The molecule has 5 heteroatoms. The second-order valence-electron chi connectivity index (χ2n) is 4.07. The largest absolute Gasteiger partial charge is 0.396 e. The van der Waals surface area contributed by atoms with Crippen LogP contribution in [0, 0.1) is 5.92 Å². The molecule has 1 aromatic heterocycles. The minimum absolute atomic E-state index is 0.250. The summed E-state index contributed by atoms with van der Waals surface area (Å²) in [6.07, 6.45) is 3.55. The summed E-state index contributed by atoms with van der Waals surface area (Å²) in [6.45, 7) is 2.11. The van der Waals surface area contributed by atoms with Gasteiger partial charge in [0.1, 0.15) is 5.82 Å². The van der Waals surface area contributed by atoms with E-state index in [1.165, 1.54) is 0 Å². The van der Waals surface area contributed by atoms with Crippen molar-refractivity contribution >= 4 is 29.0 Å². The number of hydrogen-bond donors (Lipinski definition) is 1. The summed E-state index contributed by atoms with van der Waals surface area (Å²) >= 11 is 11.9. The van der Waals surface area contributed by atoms with Gasteiger partial charge in [0.05, 0.1) is 10.0 Å². The SMILES string of the molecule is OCCC1CCN(c2ncc(Cl)cc2Cl)C1. The van der Waals surface area contributed by atoms with Gasteiger partial charge >= 0.3 is 0 Å². The lowest BCUT2D eigenvalue weighted by atomic mass is 10.1. The predicted molar refractivity (Wildman–Crippen MR) is 66.3 cm³/mol. The maximum Gasteiger partial charge on any atom is 0.147 e. The maximum absolute atomic E-state index is 8.90. The van der Waals surface area contributed by atoms with Gasteiger partial charge in [-0.15, -0.1) is 0 Å². The standard InChI is InChI=1S/C11H14Cl2N2O/c12-9-5-10(13)11(14-6-9)15-3-1-8(7-15)2-4-16/h5-6,8,16H,1-4,7H2. The van der Waals surface area contributed by atoms with Gasteiger partial charge in [-0.1, -0.05) is 23.2 Å². The van der Waals surface area contributed by atoms with Gasteiger partial charge in [0.25, 0.3) is 0 Å². The molecule has 0 aliphatic carbocycles. The molecular formula is C11H14Cl2N2O. The third-order valence-corrected chi connectivity index (χ3v) is 3.40. The van der Waals surface area contributed by atoms with Gasteiger partial charge < -0.3 is 10.0 Å². The Hall–Kier alpha value is -0.510. The molecule has 0 spiro atoms. The Morgan fingerprint density at radius 3 is 3.00 bits per heavy atom. The molecule has 88 valence electrons. The average molecular weight is 261 g/mol. The molecule has 1 aromatic rings. The first-order chi connectivity index (χ1) is 7.70. The molecule has 0 saturated carbocycles. The second-order valence-corrected chi connectivity index (χ2v) is 4.92. The van der Waals surface area contributed by atoms with E-state index in [-0.39, 0.29) is 6.61 Å². The Labute approximate surface area is 105 Å². The van der Waals surface area contributed by atoms with Gasteiger partial charge in [-0.25, -0.2) is 4.98 Å². The number of anilines is 1. The molecule has 1 saturated heterocycles. The summed E-state index contributed by atoms with van der Waals surface area (Å²) in [6, 6.07) is 1.71. The normalized spacial score (nSPS) is 20.4. The Morgan fingerprint density at radius 2 is 2.31 bits per heavy atom. The van der Waals surface area contributed by atoms with Crippen molar-refractivity contribution in [3.8, 4) is 0 Å². The van der Waals surface area contributed by atoms with Crippen LogP contribution in [-0.4, -0.2) is 29.8 Å². The molecule has 1 atom stereocenters. The Bertz CT molecular complexity index is 373. The zero-order valence-electron chi connectivity index (χ0n) is 8.87. The Balaban J connectivity index is 2.08. The van der Waals surface area contributed by atoms with Crippen LogP contribution in [-0.2, 0) is 0 Å². The first-order valence-corrected chi connectivity index (χ1v) is 6.13. The molecule has 0 bridgehead atoms. The van der Waals surface area contributed by atoms with Crippen molar-refractivity contribution in [2.24, 2.45) is 5.92 Å². The van der Waals surface area contributed by atoms with Crippen LogP contribution in [0.2, 0.25) is 10.0 Å². The average Bonchev–Trinajstić information content (AvgIpc) is 2.67. The molecule has 1 fully saturated rings. The number of aromatic nitrogens is 1. The summed E-state index contributed by atoms with van der Waals surface area (Å²) in [7, 11) is 0. The number of nitrogens with zero attached hydrogens (tertiary/aromatic N) is 2. The molecule has 1 unspecified atom stereocenters. The maximum atomic E-state index is 8.90. The zero-order valence-corrected chi connectivity index (χ0v) is 10.4. The van der Waals surface area contributed by atoms with Crippen LogP contribution in [0.4, 0.5) is 5.82 Å². The number of rotatable bonds is 3. The summed E-state index contributed by atoms with van der Waals surface area (Å²) < 4.78 is 0. The van der Waals surface area contributed by atoms with Gasteiger partial charge in [0.15, 0.2) is 0 Å². The molecular weight excluding hydrogens is 247 g/mol. The molecule has 3 nitrogen and oxygen atoms in total. The lowest BCUT2D eigenvalue weighted by molar-refractivity contribution is 0.263. The van der Waals surface area contributed by atoms with Crippen molar-refractivity contribution in [3.63, 3.8) is 0 Å². The van der Waals surface area contributed by atoms with Crippen LogP contribution >= 0.6 is 23.2 Å². The number of aliphatic hydroxyl groups is 1. The highest BCUT2D eigenvalue weighted by Gasteiger charge is 2.24. The fourth-order valence-corrected chi connectivity index (χ4v) is 2.58. The molecule has 1 aliphatic heterocycles. The fraction of sp³-hybridized carbons (Fsp3) is 0.545. The van der Waals surface area contributed by atoms with E-state index in [1.807, 2.05) is 0 Å². The fourth-order valence-electron chi connectivity index (χ4n) is 2.08. The van der Waals surface area contributed by atoms with E-state index in [1.54, 1.807) is 12.3 Å². The molecule has 0 amide bonds. The van der Waals surface area contributed by atoms with Crippen molar-refractivity contribution in [2.75, 3.05) is 24.6 Å². The number of hydrogen-bond acceptors (Lipinski definition) is 3. The number of pyridine rings is 1. The van der Waals surface area contributed by atoms with Gasteiger partial charge in [-0.2, -0.15) is 0 Å². The first kappa shape index (κ1) is 12.0. The summed E-state index contributed by atoms with van der Waals surface area (Å²) in [5, 5.41) is 10.0. The first-order valence-electron chi connectivity index (χ1n) is 5.37. The Kier molecular flexibility index (Phi) is 3.90. The van der Waals surface area contributed by atoms with Crippen molar-refractivity contribution in [1.82, 2.24) is 4.98 Å². The summed E-state index contributed by atoms with van der Waals surface area (Å²) in [5.74, 6) is 1.34. The third kappa shape index (κ3) is 2.59. The number of halogens is 2. The minimum Gasteiger partial charge on any atom is -0.396 e. The van der Waals surface area contributed by atoms with Crippen molar-refractivity contribution in [2.45, 2.75) is 12.8 Å². The highest BCUT2D eigenvalue weighted by atomic mass is 35.5. The van der Waals surface area contributed by atoms with E-state index >= 15 is 0 Å². The van der Waals surface area contributed by atoms with E-state index in [9.17, 15) is 0 Å². The molecule has 0 aromatic carbocycles. The summed E-state index contributed by atoms with van der Waals surface area (Å²) in [4.78, 5) is 6.41. The van der Waals surface area contributed by atoms with E-state index in [2.05, 4.69) is 9.88 Å². The lowest BCUT2D eigenvalue weighted by Gasteiger charge is -2.18. The van der Waals surface area contributed by atoms with Crippen LogP contribution in [0.5, 0.6) is 0 Å². The second kappa shape index (κ2) is 5.21. The van der Waals surface area contributed by atoms with Crippen LogP contribution in [0.3, 0.4) is 0 Å². The molecule has 2 heterocycles. The van der Waals surface area contributed by atoms with Gasteiger partial charge in [0.2, 0.25) is 0 Å². The Morgan fingerprint density at radius 1 is 1.50 bits per heavy atom. The topological polar surface area (TPSA) is 36.4 Å². The van der Waals surface area contributed by atoms with Gasteiger partial charge in [0, 0.05) is 25.9 Å².